The highest BCUT2D eigenvalue weighted by molar-refractivity contribution is 9.08. The summed E-state index contributed by atoms with van der Waals surface area (Å²) in [5.41, 5.74) is 5.10. The minimum absolute atomic E-state index is 0.407. The number of carbonyl (C=O) groups is 1. The summed E-state index contributed by atoms with van der Waals surface area (Å²) in [6.45, 7) is 4.20. The van der Waals surface area contributed by atoms with E-state index >= 15 is 0 Å². The van der Waals surface area contributed by atoms with E-state index in [1.165, 1.54) is 16.7 Å². The molecule has 0 aliphatic heterocycles. The maximum atomic E-state index is 11.2. The lowest BCUT2D eigenvalue weighted by atomic mass is 9.91. The first-order valence-electron chi connectivity index (χ1n) is 7.55. The number of benzene rings is 2. The first kappa shape index (κ1) is 16.8. The standard InChI is InChI=1S/C19H21BrO2/c1-3-16-11-15(6-9-18(16)19(21)22)10-13(2)17-7-4-14(12-20)5-8-17/h4-9,11,13H,3,10,12H2,1-2H3,(H,21,22). The zero-order valence-corrected chi connectivity index (χ0v) is 14.6. The van der Waals surface area contributed by atoms with Crippen molar-refractivity contribution in [2.24, 2.45) is 0 Å². The van der Waals surface area contributed by atoms with Crippen molar-refractivity contribution >= 4 is 21.9 Å². The van der Waals surface area contributed by atoms with E-state index in [-0.39, 0.29) is 0 Å². The monoisotopic (exact) mass is 360 g/mol. The van der Waals surface area contributed by atoms with E-state index in [0.29, 0.717) is 11.5 Å². The van der Waals surface area contributed by atoms with Gasteiger partial charge in [-0.1, -0.05) is 66.2 Å². The van der Waals surface area contributed by atoms with Gasteiger partial charge in [0.15, 0.2) is 0 Å². The molecule has 116 valence electrons. The zero-order chi connectivity index (χ0) is 16.1. The number of halogens is 1. The Morgan fingerprint density at radius 2 is 1.77 bits per heavy atom. The van der Waals surface area contributed by atoms with Gasteiger partial charge < -0.3 is 5.11 Å². The Morgan fingerprint density at radius 1 is 1.14 bits per heavy atom. The largest absolute Gasteiger partial charge is 0.478 e. The number of hydrogen-bond donors (Lipinski definition) is 1. The van der Waals surface area contributed by atoms with Crippen molar-refractivity contribution in [1.82, 2.24) is 0 Å². The Balaban J connectivity index is 2.16. The topological polar surface area (TPSA) is 37.3 Å². The molecule has 0 heterocycles. The van der Waals surface area contributed by atoms with Gasteiger partial charge in [0.1, 0.15) is 0 Å². The lowest BCUT2D eigenvalue weighted by Crippen LogP contribution is -2.04. The summed E-state index contributed by atoms with van der Waals surface area (Å²) in [4.78, 5) is 11.2. The van der Waals surface area contributed by atoms with Crippen molar-refractivity contribution < 1.29 is 9.90 Å². The Hall–Kier alpha value is -1.61. The summed E-state index contributed by atoms with van der Waals surface area (Å²) >= 11 is 3.46. The Kier molecular flexibility index (Phi) is 5.78. The summed E-state index contributed by atoms with van der Waals surface area (Å²) in [5.74, 6) is -0.438. The van der Waals surface area contributed by atoms with Crippen LogP contribution in [0.1, 0.15) is 52.4 Å². The molecule has 1 unspecified atom stereocenters. The maximum Gasteiger partial charge on any atom is 0.335 e. The predicted octanol–water partition coefficient (Wildman–Crippen LogP) is 5.19. The summed E-state index contributed by atoms with van der Waals surface area (Å²) in [7, 11) is 0. The van der Waals surface area contributed by atoms with Crippen LogP contribution in [0.25, 0.3) is 0 Å². The minimum atomic E-state index is -0.846. The second kappa shape index (κ2) is 7.59. The number of carboxylic acids is 1. The van der Waals surface area contributed by atoms with E-state index < -0.39 is 5.97 Å². The number of carboxylic acid groups (broad SMARTS) is 1. The fraction of sp³-hybridized carbons (Fsp3) is 0.316. The fourth-order valence-electron chi connectivity index (χ4n) is 2.68. The fourth-order valence-corrected chi connectivity index (χ4v) is 3.06. The average molecular weight is 361 g/mol. The van der Waals surface area contributed by atoms with E-state index in [1.54, 1.807) is 6.07 Å². The molecule has 2 rings (SSSR count). The molecule has 22 heavy (non-hydrogen) atoms. The molecule has 0 saturated heterocycles. The lowest BCUT2D eigenvalue weighted by Gasteiger charge is -2.14. The van der Waals surface area contributed by atoms with Crippen LogP contribution in [0.3, 0.4) is 0 Å². The highest BCUT2D eigenvalue weighted by Gasteiger charge is 2.12. The van der Waals surface area contributed by atoms with Gasteiger partial charge in [-0.05, 0) is 47.1 Å². The van der Waals surface area contributed by atoms with Crippen molar-refractivity contribution in [2.75, 3.05) is 0 Å². The number of rotatable bonds is 6. The first-order valence-corrected chi connectivity index (χ1v) is 8.67. The van der Waals surface area contributed by atoms with Crippen LogP contribution in [0, 0.1) is 0 Å². The van der Waals surface area contributed by atoms with Gasteiger partial charge in [-0.25, -0.2) is 4.79 Å². The highest BCUT2D eigenvalue weighted by atomic mass is 79.9. The van der Waals surface area contributed by atoms with Gasteiger partial charge in [0.2, 0.25) is 0 Å². The smallest absolute Gasteiger partial charge is 0.335 e. The second-order valence-electron chi connectivity index (χ2n) is 5.63. The van der Waals surface area contributed by atoms with Crippen LogP contribution in [0.5, 0.6) is 0 Å². The van der Waals surface area contributed by atoms with Crippen LogP contribution in [0.4, 0.5) is 0 Å². The summed E-state index contributed by atoms with van der Waals surface area (Å²) in [6, 6.07) is 14.3. The lowest BCUT2D eigenvalue weighted by molar-refractivity contribution is 0.0695. The van der Waals surface area contributed by atoms with Crippen molar-refractivity contribution in [3.63, 3.8) is 0 Å². The third kappa shape index (κ3) is 3.98. The molecule has 3 heteroatoms. The van der Waals surface area contributed by atoms with Gasteiger partial charge in [0.25, 0.3) is 0 Å². The van der Waals surface area contributed by atoms with Crippen molar-refractivity contribution in [3.05, 3.63) is 70.3 Å². The van der Waals surface area contributed by atoms with Crippen LogP contribution in [0.2, 0.25) is 0 Å². The SMILES string of the molecule is CCc1cc(CC(C)c2ccc(CBr)cc2)ccc1C(=O)O. The molecule has 0 radical (unpaired) electrons. The molecule has 0 aromatic heterocycles. The number of aromatic carboxylic acids is 1. The highest BCUT2D eigenvalue weighted by Crippen LogP contribution is 2.23. The average Bonchev–Trinajstić information content (AvgIpc) is 2.54. The molecule has 2 aromatic carbocycles. The van der Waals surface area contributed by atoms with E-state index in [2.05, 4.69) is 47.1 Å². The van der Waals surface area contributed by atoms with E-state index in [0.717, 1.165) is 23.7 Å². The van der Waals surface area contributed by atoms with E-state index in [1.807, 2.05) is 19.1 Å². The van der Waals surface area contributed by atoms with Crippen molar-refractivity contribution in [3.8, 4) is 0 Å². The van der Waals surface area contributed by atoms with Crippen LogP contribution >= 0.6 is 15.9 Å². The zero-order valence-electron chi connectivity index (χ0n) is 13.0. The number of alkyl halides is 1. The van der Waals surface area contributed by atoms with Gasteiger partial charge in [-0.15, -0.1) is 0 Å². The summed E-state index contributed by atoms with van der Waals surface area (Å²) < 4.78 is 0. The molecular weight excluding hydrogens is 340 g/mol. The Bertz CT molecular complexity index is 647. The van der Waals surface area contributed by atoms with Crippen LogP contribution in [-0.2, 0) is 18.2 Å². The van der Waals surface area contributed by atoms with Crippen LogP contribution in [0.15, 0.2) is 42.5 Å². The summed E-state index contributed by atoms with van der Waals surface area (Å²) in [5, 5.41) is 10.1. The van der Waals surface area contributed by atoms with E-state index in [4.69, 9.17) is 0 Å². The van der Waals surface area contributed by atoms with Gasteiger partial charge in [-0.3, -0.25) is 0 Å². The number of aryl methyl sites for hydroxylation is 1. The molecule has 1 N–H and O–H groups in total. The third-order valence-electron chi connectivity index (χ3n) is 4.03. The molecule has 2 aromatic rings. The van der Waals surface area contributed by atoms with Gasteiger partial charge in [-0.2, -0.15) is 0 Å². The molecule has 0 aliphatic carbocycles. The first-order chi connectivity index (χ1) is 10.5. The molecule has 0 spiro atoms. The maximum absolute atomic E-state index is 11.2. The molecule has 0 fully saturated rings. The molecule has 0 aliphatic rings. The van der Waals surface area contributed by atoms with Gasteiger partial charge in [0, 0.05) is 5.33 Å². The normalized spacial score (nSPS) is 12.1. The molecule has 1 atom stereocenters. The van der Waals surface area contributed by atoms with Gasteiger partial charge >= 0.3 is 5.97 Å². The molecule has 0 saturated carbocycles. The van der Waals surface area contributed by atoms with Gasteiger partial charge in [0.05, 0.1) is 5.56 Å². The predicted molar refractivity (Wildman–Crippen MR) is 94.0 cm³/mol. The molecule has 0 amide bonds. The van der Waals surface area contributed by atoms with Crippen molar-refractivity contribution in [1.29, 1.82) is 0 Å². The number of hydrogen-bond acceptors (Lipinski definition) is 1. The third-order valence-corrected chi connectivity index (χ3v) is 4.67. The molecule has 2 nitrogen and oxygen atoms in total. The van der Waals surface area contributed by atoms with E-state index in [9.17, 15) is 9.90 Å². The van der Waals surface area contributed by atoms with Crippen LogP contribution < -0.4 is 0 Å². The minimum Gasteiger partial charge on any atom is -0.478 e. The van der Waals surface area contributed by atoms with Crippen LogP contribution in [-0.4, -0.2) is 11.1 Å². The Labute approximate surface area is 140 Å². The molecule has 0 bridgehead atoms. The summed E-state index contributed by atoms with van der Waals surface area (Å²) in [6.07, 6.45) is 1.66. The Morgan fingerprint density at radius 3 is 2.32 bits per heavy atom. The quantitative estimate of drug-likeness (QED) is 0.719. The van der Waals surface area contributed by atoms with Crippen molar-refractivity contribution in [2.45, 2.75) is 37.9 Å². The molecular formula is C19H21BrO2. The second-order valence-corrected chi connectivity index (χ2v) is 6.19.